The Hall–Kier alpha value is -1.32. The van der Waals surface area contributed by atoms with E-state index in [0.29, 0.717) is 5.88 Å². The van der Waals surface area contributed by atoms with Gasteiger partial charge >= 0.3 is 0 Å². The van der Waals surface area contributed by atoms with E-state index in [1.807, 2.05) is 0 Å². The standard InChI is InChI=1S/C8H10FNO2/c1-5-8(9)6(11-2)4-7(10-5)12-3/h4H,1-3H3. The number of aromatic nitrogens is 1. The fourth-order valence-corrected chi connectivity index (χ4v) is 0.854. The van der Waals surface area contributed by atoms with Crippen LogP contribution in [-0.2, 0) is 0 Å². The largest absolute Gasteiger partial charge is 0.493 e. The molecule has 0 N–H and O–H groups in total. The number of aryl methyl sites for hydroxylation is 1. The van der Waals surface area contributed by atoms with Crippen LogP contribution in [0, 0.1) is 12.7 Å². The van der Waals surface area contributed by atoms with E-state index in [0.717, 1.165) is 0 Å². The topological polar surface area (TPSA) is 31.4 Å². The Kier molecular flexibility index (Phi) is 2.47. The van der Waals surface area contributed by atoms with Crippen molar-refractivity contribution in [3.8, 4) is 11.6 Å². The molecular weight excluding hydrogens is 161 g/mol. The first-order chi connectivity index (χ1) is 5.69. The lowest BCUT2D eigenvalue weighted by Gasteiger charge is -2.05. The van der Waals surface area contributed by atoms with Crippen LogP contribution in [-0.4, -0.2) is 19.2 Å². The summed E-state index contributed by atoms with van der Waals surface area (Å²) in [6.07, 6.45) is 0. The molecule has 1 aromatic heterocycles. The van der Waals surface area contributed by atoms with Crippen molar-refractivity contribution in [3.63, 3.8) is 0 Å². The van der Waals surface area contributed by atoms with Gasteiger partial charge in [0.25, 0.3) is 0 Å². The second-order valence-electron chi connectivity index (χ2n) is 2.27. The SMILES string of the molecule is COc1cc(OC)c(F)c(C)n1. The summed E-state index contributed by atoms with van der Waals surface area (Å²) in [6.45, 7) is 1.56. The molecule has 0 spiro atoms. The lowest BCUT2D eigenvalue weighted by atomic mass is 10.3. The molecule has 1 rings (SSSR count). The number of pyridine rings is 1. The molecule has 12 heavy (non-hydrogen) atoms. The Balaban J connectivity index is 3.19. The van der Waals surface area contributed by atoms with Gasteiger partial charge in [0.15, 0.2) is 11.6 Å². The molecule has 1 heterocycles. The maximum atomic E-state index is 13.1. The third kappa shape index (κ3) is 1.47. The van der Waals surface area contributed by atoms with E-state index in [1.165, 1.54) is 20.3 Å². The Morgan fingerprint density at radius 1 is 1.33 bits per heavy atom. The minimum absolute atomic E-state index is 0.152. The predicted molar refractivity (Wildman–Crippen MR) is 42.0 cm³/mol. The van der Waals surface area contributed by atoms with Gasteiger partial charge in [-0.1, -0.05) is 0 Å². The first-order valence-corrected chi connectivity index (χ1v) is 3.44. The maximum absolute atomic E-state index is 13.1. The van der Waals surface area contributed by atoms with Gasteiger partial charge < -0.3 is 9.47 Å². The van der Waals surface area contributed by atoms with Gasteiger partial charge in [0, 0.05) is 6.07 Å². The van der Waals surface area contributed by atoms with E-state index in [9.17, 15) is 4.39 Å². The van der Waals surface area contributed by atoms with Crippen LogP contribution in [0.5, 0.6) is 11.6 Å². The van der Waals surface area contributed by atoms with Crippen LogP contribution < -0.4 is 9.47 Å². The molecule has 0 amide bonds. The van der Waals surface area contributed by atoms with Crippen molar-refractivity contribution in [1.29, 1.82) is 0 Å². The molecule has 0 saturated heterocycles. The summed E-state index contributed by atoms with van der Waals surface area (Å²) in [5.41, 5.74) is 0.270. The molecule has 0 aliphatic rings. The fraction of sp³-hybridized carbons (Fsp3) is 0.375. The Morgan fingerprint density at radius 2 is 2.00 bits per heavy atom. The van der Waals surface area contributed by atoms with Crippen molar-refractivity contribution in [2.75, 3.05) is 14.2 Å². The minimum Gasteiger partial charge on any atom is -0.493 e. The van der Waals surface area contributed by atoms with Gasteiger partial charge in [-0.2, -0.15) is 0 Å². The third-order valence-corrected chi connectivity index (χ3v) is 1.50. The zero-order chi connectivity index (χ0) is 9.14. The molecule has 0 aliphatic heterocycles. The molecular formula is C8H10FNO2. The third-order valence-electron chi connectivity index (χ3n) is 1.50. The van der Waals surface area contributed by atoms with Gasteiger partial charge in [-0.3, -0.25) is 0 Å². The summed E-state index contributed by atoms with van der Waals surface area (Å²) in [5.74, 6) is 0.0587. The highest BCUT2D eigenvalue weighted by atomic mass is 19.1. The quantitative estimate of drug-likeness (QED) is 0.676. The number of methoxy groups -OCH3 is 2. The van der Waals surface area contributed by atoms with Crippen molar-refractivity contribution < 1.29 is 13.9 Å². The van der Waals surface area contributed by atoms with Gasteiger partial charge in [0.05, 0.1) is 19.9 Å². The molecule has 0 aliphatic carbocycles. The monoisotopic (exact) mass is 171 g/mol. The minimum atomic E-state index is -0.446. The first kappa shape index (κ1) is 8.77. The van der Waals surface area contributed by atoms with Crippen LogP contribution in [0.15, 0.2) is 6.07 Å². The van der Waals surface area contributed by atoms with Gasteiger partial charge in [0.2, 0.25) is 5.88 Å². The second kappa shape index (κ2) is 3.38. The summed E-state index contributed by atoms with van der Waals surface area (Å²) >= 11 is 0. The molecule has 0 atom stereocenters. The van der Waals surface area contributed by atoms with Crippen LogP contribution in [0.2, 0.25) is 0 Å². The molecule has 0 fully saturated rings. The second-order valence-corrected chi connectivity index (χ2v) is 2.27. The van der Waals surface area contributed by atoms with Crippen molar-refractivity contribution >= 4 is 0 Å². The van der Waals surface area contributed by atoms with Crippen molar-refractivity contribution in [2.24, 2.45) is 0 Å². The average Bonchev–Trinajstić information content (AvgIpc) is 2.09. The normalized spacial score (nSPS) is 9.67. The molecule has 0 aromatic carbocycles. The van der Waals surface area contributed by atoms with Crippen LogP contribution >= 0.6 is 0 Å². The van der Waals surface area contributed by atoms with E-state index in [-0.39, 0.29) is 11.4 Å². The number of ether oxygens (including phenoxy) is 2. The summed E-state index contributed by atoms with van der Waals surface area (Å²) < 4.78 is 22.7. The Bertz CT molecular complexity index is 289. The summed E-state index contributed by atoms with van der Waals surface area (Å²) in [7, 11) is 2.87. The van der Waals surface area contributed by atoms with Crippen molar-refractivity contribution in [3.05, 3.63) is 17.6 Å². The first-order valence-electron chi connectivity index (χ1n) is 3.44. The van der Waals surface area contributed by atoms with Gasteiger partial charge in [-0.25, -0.2) is 9.37 Å². The zero-order valence-corrected chi connectivity index (χ0v) is 7.22. The van der Waals surface area contributed by atoms with E-state index in [2.05, 4.69) is 4.98 Å². The average molecular weight is 171 g/mol. The molecule has 66 valence electrons. The smallest absolute Gasteiger partial charge is 0.217 e. The maximum Gasteiger partial charge on any atom is 0.217 e. The van der Waals surface area contributed by atoms with Crippen LogP contribution in [0.4, 0.5) is 4.39 Å². The molecule has 4 heteroatoms. The highest BCUT2D eigenvalue weighted by Gasteiger charge is 2.09. The van der Waals surface area contributed by atoms with E-state index in [4.69, 9.17) is 9.47 Å². The molecule has 1 aromatic rings. The fourth-order valence-electron chi connectivity index (χ4n) is 0.854. The number of nitrogens with zero attached hydrogens (tertiary/aromatic N) is 1. The van der Waals surface area contributed by atoms with Gasteiger partial charge in [-0.05, 0) is 6.92 Å². The summed E-state index contributed by atoms with van der Waals surface area (Å²) in [4.78, 5) is 3.82. The van der Waals surface area contributed by atoms with Gasteiger partial charge in [0.1, 0.15) is 0 Å². The van der Waals surface area contributed by atoms with E-state index >= 15 is 0 Å². The number of hydrogen-bond donors (Lipinski definition) is 0. The molecule has 3 nitrogen and oxygen atoms in total. The Labute approximate surface area is 70.1 Å². The van der Waals surface area contributed by atoms with E-state index in [1.54, 1.807) is 6.92 Å². The van der Waals surface area contributed by atoms with Crippen LogP contribution in [0.3, 0.4) is 0 Å². The number of rotatable bonds is 2. The molecule has 0 bridgehead atoms. The zero-order valence-electron chi connectivity index (χ0n) is 7.22. The lowest BCUT2D eigenvalue weighted by molar-refractivity contribution is 0.362. The Morgan fingerprint density at radius 3 is 2.50 bits per heavy atom. The number of halogens is 1. The highest BCUT2D eigenvalue weighted by Crippen LogP contribution is 2.23. The summed E-state index contributed by atoms with van der Waals surface area (Å²) in [5, 5.41) is 0. The molecule has 0 unspecified atom stereocenters. The van der Waals surface area contributed by atoms with Crippen LogP contribution in [0.1, 0.15) is 5.69 Å². The molecule has 0 saturated carbocycles. The van der Waals surface area contributed by atoms with E-state index < -0.39 is 5.82 Å². The predicted octanol–water partition coefficient (Wildman–Crippen LogP) is 1.55. The lowest BCUT2D eigenvalue weighted by Crippen LogP contribution is -1.97. The van der Waals surface area contributed by atoms with Crippen LogP contribution in [0.25, 0.3) is 0 Å². The molecule has 0 radical (unpaired) electrons. The summed E-state index contributed by atoms with van der Waals surface area (Å²) in [6, 6.07) is 1.41. The van der Waals surface area contributed by atoms with Crippen molar-refractivity contribution in [2.45, 2.75) is 6.92 Å². The van der Waals surface area contributed by atoms with Gasteiger partial charge in [-0.15, -0.1) is 0 Å². The highest BCUT2D eigenvalue weighted by molar-refractivity contribution is 5.31. The number of hydrogen-bond acceptors (Lipinski definition) is 3. The van der Waals surface area contributed by atoms with Crippen molar-refractivity contribution in [1.82, 2.24) is 4.98 Å².